The van der Waals surface area contributed by atoms with Gasteiger partial charge in [-0.25, -0.2) is 0 Å². The molecular formula is C27H42ClNO4. The van der Waals surface area contributed by atoms with Crippen molar-refractivity contribution in [2.75, 3.05) is 20.8 Å². The number of rotatable bonds is 12. The first kappa shape index (κ1) is 29.1. The summed E-state index contributed by atoms with van der Waals surface area (Å²) in [4.78, 5) is 0. The third kappa shape index (κ3) is 6.78. The SMILES string of the molecule is CCOC(N)(CC)c1c(Oc2ccccc2)c(CC(C)C)c(CC(C)C)c(OC)c1OC.Cl. The third-order valence-electron chi connectivity index (χ3n) is 5.52. The number of nitrogens with two attached hydrogens (primary N) is 1. The van der Waals surface area contributed by atoms with Crippen molar-refractivity contribution >= 4 is 12.4 Å². The third-order valence-corrected chi connectivity index (χ3v) is 5.52. The normalized spacial score (nSPS) is 12.9. The Morgan fingerprint density at radius 1 is 0.818 bits per heavy atom. The molecule has 2 aromatic rings. The summed E-state index contributed by atoms with van der Waals surface area (Å²) in [5.74, 6) is 3.60. The number of benzene rings is 2. The van der Waals surface area contributed by atoms with Gasteiger partial charge >= 0.3 is 0 Å². The molecule has 2 aromatic carbocycles. The highest BCUT2D eigenvalue weighted by Crippen LogP contribution is 2.51. The van der Waals surface area contributed by atoms with Crippen molar-refractivity contribution in [3.05, 3.63) is 47.0 Å². The maximum Gasteiger partial charge on any atom is 0.172 e. The first-order valence-corrected chi connectivity index (χ1v) is 11.7. The maximum absolute atomic E-state index is 6.90. The summed E-state index contributed by atoms with van der Waals surface area (Å²) in [5.41, 5.74) is 8.73. The van der Waals surface area contributed by atoms with Crippen molar-refractivity contribution in [1.29, 1.82) is 0 Å². The number of para-hydroxylation sites is 1. The van der Waals surface area contributed by atoms with Gasteiger partial charge in [-0.2, -0.15) is 0 Å². The largest absolute Gasteiger partial charge is 0.493 e. The van der Waals surface area contributed by atoms with E-state index in [-0.39, 0.29) is 12.4 Å². The van der Waals surface area contributed by atoms with Gasteiger partial charge in [-0.15, -0.1) is 12.4 Å². The predicted molar refractivity (Wildman–Crippen MR) is 138 cm³/mol. The average Bonchev–Trinajstić information content (AvgIpc) is 2.75. The van der Waals surface area contributed by atoms with E-state index in [0.717, 1.165) is 41.2 Å². The summed E-state index contributed by atoms with van der Waals surface area (Å²) >= 11 is 0. The van der Waals surface area contributed by atoms with Gasteiger partial charge < -0.3 is 18.9 Å². The Hall–Kier alpha value is -1.95. The molecule has 0 amide bonds. The topological polar surface area (TPSA) is 62.9 Å². The van der Waals surface area contributed by atoms with Gasteiger partial charge in [0.2, 0.25) is 0 Å². The fourth-order valence-electron chi connectivity index (χ4n) is 4.15. The molecule has 6 heteroatoms. The van der Waals surface area contributed by atoms with E-state index >= 15 is 0 Å². The second-order valence-electron chi connectivity index (χ2n) is 9.01. The van der Waals surface area contributed by atoms with Crippen LogP contribution >= 0.6 is 12.4 Å². The molecule has 0 fully saturated rings. The molecule has 0 aromatic heterocycles. The van der Waals surface area contributed by atoms with E-state index in [1.54, 1.807) is 14.2 Å². The molecule has 0 aliphatic heterocycles. The zero-order valence-electron chi connectivity index (χ0n) is 21.5. The molecule has 1 unspecified atom stereocenters. The summed E-state index contributed by atoms with van der Waals surface area (Å²) in [7, 11) is 3.34. The van der Waals surface area contributed by atoms with E-state index < -0.39 is 5.72 Å². The number of ether oxygens (including phenoxy) is 4. The van der Waals surface area contributed by atoms with Gasteiger partial charge in [0.05, 0.1) is 19.8 Å². The van der Waals surface area contributed by atoms with Crippen LogP contribution in [0.4, 0.5) is 0 Å². The van der Waals surface area contributed by atoms with E-state index in [2.05, 4.69) is 27.7 Å². The van der Waals surface area contributed by atoms with Gasteiger partial charge in [-0.1, -0.05) is 52.8 Å². The van der Waals surface area contributed by atoms with Crippen molar-refractivity contribution in [2.24, 2.45) is 17.6 Å². The van der Waals surface area contributed by atoms with E-state index in [9.17, 15) is 0 Å². The minimum absolute atomic E-state index is 0. The lowest BCUT2D eigenvalue weighted by molar-refractivity contribution is -0.0456. The molecule has 2 N–H and O–H groups in total. The van der Waals surface area contributed by atoms with Gasteiger partial charge in [0.1, 0.15) is 17.2 Å². The molecule has 0 aliphatic rings. The van der Waals surface area contributed by atoms with E-state index in [4.69, 9.17) is 24.7 Å². The molecule has 0 aliphatic carbocycles. The fraction of sp³-hybridized carbons (Fsp3) is 0.556. The minimum Gasteiger partial charge on any atom is -0.493 e. The summed E-state index contributed by atoms with van der Waals surface area (Å²) in [6, 6.07) is 9.80. The van der Waals surface area contributed by atoms with Crippen LogP contribution < -0.4 is 19.9 Å². The monoisotopic (exact) mass is 479 g/mol. The average molecular weight is 480 g/mol. The van der Waals surface area contributed by atoms with E-state index in [0.29, 0.717) is 36.2 Å². The zero-order valence-corrected chi connectivity index (χ0v) is 22.3. The lowest BCUT2D eigenvalue weighted by Crippen LogP contribution is -2.40. The molecule has 0 heterocycles. The molecule has 1 atom stereocenters. The molecule has 2 rings (SSSR count). The zero-order chi connectivity index (χ0) is 23.9. The molecular weight excluding hydrogens is 438 g/mol. The highest BCUT2D eigenvalue weighted by molar-refractivity contribution is 5.85. The highest BCUT2D eigenvalue weighted by atomic mass is 35.5. The lowest BCUT2D eigenvalue weighted by atomic mass is 9.85. The number of methoxy groups -OCH3 is 2. The quantitative estimate of drug-likeness (QED) is 0.336. The summed E-state index contributed by atoms with van der Waals surface area (Å²) < 4.78 is 24.7. The first-order valence-electron chi connectivity index (χ1n) is 11.7. The highest BCUT2D eigenvalue weighted by Gasteiger charge is 2.39. The molecule has 0 saturated carbocycles. The fourth-order valence-corrected chi connectivity index (χ4v) is 4.15. The smallest absolute Gasteiger partial charge is 0.172 e. The van der Waals surface area contributed by atoms with Crippen molar-refractivity contribution in [1.82, 2.24) is 0 Å². The Morgan fingerprint density at radius 2 is 1.33 bits per heavy atom. The van der Waals surface area contributed by atoms with Crippen molar-refractivity contribution in [3.63, 3.8) is 0 Å². The first-order chi connectivity index (χ1) is 15.2. The minimum atomic E-state index is -1.08. The van der Waals surface area contributed by atoms with Gasteiger partial charge in [0.15, 0.2) is 11.5 Å². The van der Waals surface area contributed by atoms with Crippen LogP contribution in [0.3, 0.4) is 0 Å². The maximum atomic E-state index is 6.90. The van der Waals surface area contributed by atoms with Crippen LogP contribution in [0.15, 0.2) is 30.3 Å². The Morgan fingerprint density at radius 3 is 1.76 bits per heavy atom. The standard InChI is InChI=1S/C27H41NO4.ClH/c1-9-27(28,31-10-2)23-24(32-20-14-12-11-13-15-20)21(16-18(3)4)22(17-19(5)6)25(29-7)26(23)30-8;/h11-15,18-19H,9-10,16-17,28H2,1-8H3;1H. The van der Waals surface area contributed by atoms with Crippen LogP contribution in [-0.4, -0.2) is 20.8 Å². The Kier molecular flexibility index (Phi) is 11.5. The number of hydrogen-bond acceptors (Lipinski definition) is 5. The van der Waals surface area contributed by atoms with Crippen LogP contribution in [0.5, 0.6) is 23.0 Å². The Bertz CT molecular complexity index is 870. The number of hydrogen-bond donors (Lipinski definition) is 1. The van der Waals surface area contributed by atoms with Gasteiger partial charge in [-0.3, -0.25) is 5.73 Å². The molecule has 0 saturated heterocycles. The van der Waals surface area contributed by atoms with E-state index in [1.807, 2.05) is 44.2 Å². The molecule has 0 bridgehead atoms. The molecule has 186 valence electrons. The molecule has 0 spiro atoms. The van der Waals surface area contributed by atoms with Crippen molar-refractivity contribution in [2.45, 2.75) is 66.5 Å². The summed E-state index contributed by atoms with van der Waals surface area (Å²) in [6.45, 7) is 13.2. The van der Waals surface area contributed by atoms with Gasteiger partial charge in [-0.05, 0) is 50.2 Å². The van der Waals surface area contributed by atoms with Gasteiger partial charge in [0.25, 0.3) is 0 Å². The van der Waals surface area contributed by atoms with Crippen LogP contribution in [0.2, 0.25) is 0 Å². The second-order valence-corrected chi connectivity index (χ2v) is 9.01. The summed E-state index contributed by atoms with van der Waals surface area (Å²) in [6.07, 6.45) is 2.21. The predicted octanol–water partition coefficient (Wildman–Crippen LogP) is 6.87. The van der Waals surface area contributed by atoms with Gasteiger partial charge in [0, 0.05) is 17.7 Å². The molecule has 0 radical (unpaired) electrons. The molecule has 5 nitrogen and oxygen atoms in total. The van der Waals surface area contributed by atoms with Crippen LogP contribution in [0.25, 0.3) is 0 Å². The Labute approximate surface area is 206 Å². The summed E-state index contributed by atoms with van der Waals surface area (Å²) in [5, 5.41) is 0. The van der Waals surface area contributed by atoms with Crippen LogP contribution in [0.1, 0.15) is 64.7 Å². The van der Waals surface area contributed by atoms with Crippen molar-refractivity contribution < 1.29 is 18.9 Å². The molecule has 33 heavy (non-hydrogen) atoms. The van der Waals surface area contributed by atoms with Crippen LogP contribution in [-0.2, 0) is 23.3 Å². The van der Waals surface area contributed by atoms with Crippen molar-refractivity contribution in [3.8, 4) is 23.0 Å². The second kappa shape index (κ2) is 13.1. The lowest BCUT2D eigenvalue weighted by Gasteiger charge is -2.35. The van der Waals surface area contributed by atoms with Crippen LogP contribution in [0, 0.1) is 11.8 Å². The number of halogens is 1. The Balaban J connectivity index is 0.00000544. The van der Waals surface area contributed by atoms with E-state index in [1.165, 1.54) is 0 Å².